The molecule has 2 nitrogen and oxygen atoms in total. The third-order valence-electron chi connectivity index (χ3n) is 4.70. The Morgan fingerprint density at radius 1 is 0.833 bits per heavy atom. The van der Waals surface area contributed by atoms with Crippen LogP contribution in [0.1, 0.15) is 77.0 Å². The quantitative estimate of drug-likeness (QED) is 0.738. The zero-order chi connectivity index (χ0) is 12.6. The highest BCUT2D eigenvalue weighted by atomic mass is 16.2. The number of nitrogens with zero attached hydrogens (tertiary/aromatic N) is 1. The van der Waals surface area contributed by atoms with Gasteiger partial charge in [0.15, 0.2) is 0 Å². The molecule has 104 valence electrons. The van der Waals surface area contributed by atoms with Crippen LogP contribution in [0.4, 0.5) is 0 Å². The minimum absolute atomic E-state index is 0.433. The Labute approximate surface area is 112 Å². The third kappa shape index (κ3) is 4.62. The highest BCUT2D eigenvalue weighted by Gasteiger charge is 2.18. The van der Waals surface area contributed by atoms with Crippen LogP contribution in [0.5, 0.6) is 0 Å². The van der Waals surface area contributed by atoms with Crippen LogP contribution in [-0.2, 0) is 4.79 Å². The zero-order valence-corrected chi connectivity index (χ0v) is 11.8. The molecule has 1 aliphatic carbocycles. The number of amides is 1. The van der Waals surface area contributed by atoms with Gasteiger partial charge in [-0.1, -0.05) is 51.4 Å². The van der Waals surface area contributed by atoms with Crippen LogP contribution in [0, 0.1) is 5.92 Å². The summed E-state index contributed by atoms with van der Waals surface area (Å²) in [6.45, 7) is 2.03. The molecule has 1 saturated heterocycles. The number of likely N-dealkylation sites (tertiary alicyclic amines) is 1. The van der Waals surface area contributed by atoms with Crippen molar-refractivity contribution in [3.8, 4) is 0 Å². The van der Waals surface area contributed by atoms with Crippen molar-refractivity contribution in [2.45, 2.75) is 77.0 Å². The van der Waals surface area contributed by atoms with Crippen molar-refractivity contribution in [2.75, 3.05) is 13.1 Å². The van der Waals surface area contributed by atoms with Gasteiger partial charge in [0.2, 0.25) is 5.91 Å². The normalized spacial score (nSPS) is 23.4. The summed E-state index contributed by atoms with van der Waals surface area (Å²) in [7, 11) is 0. The molecular formula is C16H29NO. The second kappa shape index (κ2) is 7.81. The number of rotatable bonds is 3. The van der Waals surface area contributed by atoms with Gasteiger partial charge in [0.05, 0.1) is 0 Å². The molecule has 18 heavy (non-hydrogen) atoms. The first-order valence-electron chi connectivity index (χ1n) is 8.14. The molecule has 2 heteroatoms. The first-order valence-corrected chi connectivity index (χ1v) is 8.14. The Hall–Kier alpha value is -0.530. The van der Waals surface area contributed by atoms with Gasteiger partial charge >= 0.3 is 0 Å². The monoisotopic (exact) mass is 251 g/mol. The molecule has 1 amide bonds. The Morgan fingerprint density at radius 3 is 2.06 bits per heavy atom. The van der Waals surface area contributed by atoms with Crippen LogP contribution in [0.2, 0.25) is 0 Å². The van der Waals surface area contributed by atoms with Crippen LogP contribution < -0.4 is 0 Å². The molecule has 2 fully saturated rings. The SMILES string of the molecule is O=C(CCC1CCCCC1)N1CCCCCCC1. The Kier molecular flexibility index (Phi) is 6.02. The molecule has 0 aromatic rings. The van der Waals surface area contributed by atoms with Crippen LogP contribution in [0.15, 0.2) is 0 Å². The number of hydrogen-bond acceptors (Lipinski definition) is 1. The molecule has 1 heterocycles. The average Bonchev–Trinajstić information content (AvgIpc) is 2.37. The predicted molar refractivity (Wildman–Crippen MR) is 75.5 cm³/mol. The van der Waals surface area contributed by atoms with Crippen LogP contribution >= 0.6 is 0 Å². The van der Waals surface area contributed by atoms with Crippen molar-refractivity contribution in [2.24, 2.45) is 5.92 Å². The summed E-state index contributed by atoms with van der Waals surface area (Å²) in [4.78, 5) is 14.4. The Morgan fingerprint density at radius 2 is 1.39 bits per heavy atom. The van der Waals surface area contributed by atoms with Crippen molar-refractivity contribution in [1.29, 1.82) is 0 Å². The van der Waals surface area contributed by atoms with E-state index < -0.39 is 0 Å². The Balaban J connectivity index is 1.68. The van der Waals surface area contributed by atoms with Gasteiger partial charge in [0, 0.05) is 19.5 Å². The molecule has 2 aliphatic rings. The lowest BCUT2D eigenvalue weighted by molar-refractivity contribution is -0.131. The van der Waals surface area contributed by atoms with Gasteiger partial charge in [-0.2, -0.15) is 0 Å². The molecule has 0 radical (unpaired) electrons. The van der Waals surface area contributed by atoms with Crippen molar-refractivity contribution >= 4 is 5.91 Å². The maximum atomic E-state index is 12.2. The summed E-state index contributed by atoms with van der Waals surface area (Å²) in [6.07, 6.45) is 15.3. The maximum absolute atomic E-state index is 12.2. The molecule has 0 N–H and O–H groups in total. The molecular weight excluding hydrogens is 222 g/mol. The number of carbonyl (C=O) groups excluding carboxylic acids is 1. The Bertz CT molecular complexity index is 237. The van der Waals surface area contributed by atoms with Gasteiger partial charge in [0.25, 0.3) is 0 Å². The summed E-state index contributed by atoms with van der Waals surface area (Å²) in [5, 5.41) is 0. The largest absolute Gasteiger partial charge is 0.343 e. The van der Waals surface area contributed by atoms with E-state index in [4.69, 9.17) is 0 Å². The van der Waals surface area contributed by atoms with E-state index in [0.29, 0.717) is 5.91 Å². The lowest BCUT2D eigenvalue weighted by Crippen LogP contribution is -2.34. The molecule has 0 atom stereocenters. The summed E-state index contributed by atoms with van der Waals surface area (Å²) < 4.78 is 0. The summed E-state index contributed by atoms with van der Waals surface area (Å²) in [6, 6.07) is 0. The van der Waals surface area contributed by atoms with Crippen molar-refractivity contribution in [1.82, 2.24) is 4.90 Å². The second-order valence-electron chi connectivity index (χ2n) is 6.19. The van der Waals surface area contributed by atoms with E-state index in [1.807, 2.05) is 0 Å². The smallest absolute Gasteiger partial charge is 0.222 e. The number of carbonyl (C=O) groups is 1. The maximum Gasteiger partial charge on any atom is 0.222 e. The van der Waals surface area contributed by atoms with E-state index >= 15 is 0 Å². The van der Waals surface area contributed by atoms with Gasteiger partial charge in [-0.3, -0.25) is 4.79 Å². The predicted octanol–water partition coefficient (Wildman–Crippen LogP) is 4.14. The number of hydrogen-bond donors (Lipinski definition) is 0. The fourth-order valence-electron chi connectivity index (χ4n) is 3.46. The fraction of sp³-hybridized carbons (Fsp3) is 0.938. The highest BCUT2D eigenvalue weighted by molar-refractivity contribution is 5.76. The zero-order valence-electron chi connectivity index (χ0n) is 11.8. The van der Waals surface area contributed by atoms with Crippen LogP contribution in [0.25, 0.3) is 0 Å². The fourth-order valence-corrected chi connectivity index (χ4v) is 3.46. The molecule has 1 aliphatic heterocycles. The van der Waals surface area contributed by atoms with Gasteiger partial charge in [-0.15, -0.1) is 0 Å². The summed E-state index contributed by atoms with van der Waals surface area (Å²) in [5.74, 6) is 1.28. The van der Waals surface area contributed by atoms with E-state index in [0.717, 1.165) is 31.8 Å². The van der Waals surface area contributed by atoms with Gasteiger partial charge in [0.1, 0.15) is 0 Å². The van der Waals surface area contributed by atoms with E-state index in [1.165, 1.54) is 64.2 Å². The molecule has 2 rings (SSSR count). The van der Waals surface area contributed by atoms with Crippen molar-refractivity contribution < 1.29 is 4.79 Å². The van der Waals surface area contributed by atoms with E-state index in [2.05, 4.69) is 4.90 Å². The lowest BCUT2D eigenvalue weighted by atomic mass is 9.86. The molecule has 0 aromatic carbocycles. The van der Waals surface area contributed by atoms with E-state index in [9.17, 15) is 4.79 Å². The second-order valence-corrected chi connectivity index (χ2v) is 6.19. The minimum atomic E-state index is 0.433. The first-order chi connectivity index (χ1) is 8.86. The van der Waals surface area contributed by atoms with E-state index in [-0.39, 0.29) is 0 Å². The van der Waals surface area contributed by atoms with E-state index in [1.54, 1.807) is 0 Å². The molecule has 1 saturated carbocycles. The van der Waals surface area contributed by atoms with Gasteiger partial charge in [-0.25, -0.2) is 0 Å². The topological polar surface area (TPSA) is 20.3 Å². The molecule has 0 unspecified atom stereocenters. The molecule has 0 aromatic heterocycles. The summed E-state index contributed by atoms with van der Waals surface area (Å²) in [5.41, 5.74) is 0. The standard InChI is InChI=1S/C16H29NO/c18-16(12-11-15-9-5-4-6-10-15)17-13-7-2-1-3-8-14-17/h15H,1-14H2. The van der Waals surface area contributed by atoms with Crippen molar-refractivity contribution in [3.05, 3.63) is 0 Å². The van der Waals surface area contributed by atoms with Crippen LogP contribution in [0.3, 0.4) is 0 Å². The molecule has 0 bridgehead atoms. The van der Waals surface area contributed by atoms with Crippen LogP contribution in [-0.4, -0.2) is 23.9 Å². The average molecular weight is 251 g/mol. The molecule has 0 spiro atoms. The highest BCUT2D eigenvalue weighted by Crippen LogP contribution is 2.27. The minimum Gasteiger partial charge on any atom is -0.343 e. The lowest BCUT2D eigenvalue weighted by Gasteiger charge is -2.26. The summed E-state index contributed by atoms with van der Waals surface area (Å²) >= 11 is 0. The third-order valence-corrected chi connectivity index (χ3v) is 4.70. The van der Waals surface area contributed by atoms with Gasteiger partial charge in [-0.05, 0) is 25.2 Å². The van der Waals surface area contributed by atoms with Gasteiger partial charge < -0.3 is 4.90 Å². The first kappa shape index (κ1) is 13.9. The van der Waals surface area contributed by atoms with Crippen molar-refractivity contribution in [3.63, 3.8) is 0 Å².